The predicted octanol–water partition coefficient (Wildman–Crippen LogP) is 6.89. The molecule has 2 aromatic rings. The number of thioether (sulfide) groups is 1. The first-order valence-corrected chi connectivity index (χ1v) is 14.7. The van der Waals surface area contributed by atoms with Crippen molar-refractivity contribution in [3.63, 3.8) is 0 Å². The second-order valence-corrected chi connectivity index (χ2v) is 11.0. The third-order valence-electron chi connectivity index (χ3n) is 7.16. The fraction of sp³-hybridized carbons (Fsp3) is 0.500. The number of nitrogens with one attached hydrogen (secondary N) is 1. The van der Waals surface area contributed by atoms with Gasteiger partial charge in [-0.1, -0.05) is 87.4 Å². The Labute approximate surface area is 220 Å². The Balaban J connectivity index is 1.33. The summed E-state index contributed by atoms with van der Waals surface area (Å²) in [4.78, 5) is 27.3. The van der Waals surface area contributed by atoms with Gasteiger partial charge in [-0.15, -0.1) is 11.8 Å². The van der Waals surface area contributed by atoms with Crippen molar-refractivity contribution >= 4 is 29.3 Å². The molecule has 1 saturated carbocycles. The molecule has 2 aromatic carbocycles. The van der Waals surface area contributed by atoms with E-state index in [9.17, 15) is 9.59 Å². The van der Waals surface area contributed by atoms with Crippen LogP contribution < -0.4 is 5.43 Å². The van der Waals surface area contributed by atoms with Crippen LogP contribution in [-0.4, -0.2) is 34.7 Å². The summed E-state index contributed by atoms with van der Waals surface area (Å²) >= 11 is 1.65. The number of amides is 2. The van der Waals surface area contributed by atoms with E-state index in [1.165, 1.54) is 50.5 Å². The lowest BCUT2D eigenvalue weighted by atomic mass is 10.00. The van der Waals surface area contributed by atoms with Crippen molar-refractivity contribution < 1.29 is 9.59 Å². The highest BCUT2D eigenvalue weighted by Crippen LogP contribution is 2.38. The fourth-order valence-corrected chi connectivity index (χ4v) is 6.21. The second-order valence-electron chi connectivity index (χ2n) is 9.91. The Kier molecular flexibility index (Phi) is 10.5. The van der Waals surface area contributed by atoms with Gasteiger partial charge in [-0.25, -0.2) is 5.43 Å². The van der Waals surface area contributed by atoms with E-state index in [1.807, 2.05) is 47.4 Å². The van der Waals surface area contributed by atoms with Gasteiger partial charge in [0.05, 0.1) is 5.75 Å². The van der Waals surface area contributed by atoms with Crippen molar-refractivity contribution in [1.82, 2.24) is 10.3 Å². The minimum absolute atomic E-state index is 0.00483. The lowest BCUT2D eigenvalue weighted by Gasteiger charge is -2.24. The molecule has 0 unspecified atom stereocenters. The lowest BCUT2D eigenvalue weighted by Crippen LogP contribution is -2.30. The molecule has 4 rings (SSSR count). The second kappa shape index (κ2) is 14.2. The van der Waals surface area contributed by atoms with Gasteiger partial charge in [0.15, 0.2) is 0 Å². The predicted molar refractivity (Wildman–Crippen MR) is 149 cm³/mol. The number of carbonyl (C=O) groups excluding carboxylic acids is 2. The van der Waals surface area contributed by atoms with Crippen LogP contribution >= 0.6 is 11.8 Å². The van der Waals surface area contributed by atoms with Gasteiger partial charge < -0.3 is 4.90 Å². The standard InChI is InChI=1S/C30H39N3O2S/c34-28-23-36-30(33(28)22-21-24-13-9-8-10-14-24)26-19-17-25(18-20-26)29(35)32-31-27-15-11-6-4-2-1-3-5-7-12-16-27/h8-10,13-14,17-20,30H,1-7,11-12,15-16,21-23H2,(H,32,35)/t30-/m0/s1. The molecule has 1 aliphatic carbocycles. The SMILES string of the molecule is O=C(NN=C1CCCCCCCCCCC1)c1ccc([C@@H]2SCC(=O)N2CCc2ccccc2)cc1. The maximum Gasteiger partial charge on any atom is 0.271 e. The van der Waals surface area contributed by atoms with Gasteiger partial charge >= 0.3 is 0 Å². The van der Waals surface area contributed by atoms with Crippen LogP contribution in [0.2, 0.25) is 0 Å². The molecule has 2 amide bonds. The zero-order chi connectivity index (χ0) is 25.0. The van der Waals surface area contributed by atoms with E-state index in [-0.39, 0.29) is 17.2 Å². The molecule has 0 radical (unpaired) electrons. The van der Waals surface area contributed by atoms with Crippen LogP contribution in [0.5, 0.6) is 0 Å². The van der Waals surface area contributed by atoms with Crippen molar-refractivity contribution in [3.05, 3.63) is 71.3 Å². The molecule has 1 saturated heterocycles. The summed E-state index contributed by atoms with van der Waals surface area (Å²) in [7, 11) is 0. The molecule has 192 valence electrons. The molecule has 1 atom stereocenters. The summed E-state index contributed by atoms with van der Waals surface area (Å²) in [5.74, 6) is 0.506. The normalized spacial score (nSPS) is 19.9. The molecule has 0 spiro atoms. The summed E-state index contributed by atoms with van der Waals surface area (Å²) in [6.07, 6.45) is 14.3. The summed E-state index contributed by atoms with van der Waals surface area (Å²) in [6.45, 7) is 0.695. The van der Waals surface area contributed by atoms with Crippen molar-refractivity contribution in [2.75, 3.05) is 12.3 Å². The molecule has 1 aliphatic heterocycles. The van der Waals surface area contributed by atoms with Gasteiger partial charge in [0.1, 0.15) is 5.37 Å². The van der Waals surface area contributed by atoms with E-state index in [4.69, 9.17) is 0 Å². The van der Waals surface area contributed by atoms with Crippen molar-refractivity contribution in [2.45, 2.75) is 82.4 Å². The maximum absolute atomic E-state index is 12.8. The molecule has 5 nitrogen and oxygen atoms in total. The summed E-state index contributed by atoms with van der Waals surface area (Å²) in [5.41, 5.74) is 6.81. The smallest absolute Gasteiger partial charge is 0.271 e. The molecule has 2 fully saturated rings. The molecule has 1 N–H and O–H groups in total. The van der Waals surface area contributed by atoms with Gasteiger partial charge in [-0.05, 0) is 55.4 Å². The number of hydrogen-bond donors (Lipinski definition) is 1. The molecule has 2 aliphatic rings. The van der Waals surface area contributed by atoms with E-state index >= 15 is 0 Å². The first-order chi connectivity index (χ1) is 17.7. The first kappa shape index (κ1) is 26.5. The van der Waals surface area contributed by atoms with E-state index < -0.39 is 0 Å². The number of rotatable bonds is 6. The largest absolute Gasteiger partial charge is 0.326 e. The van der Waals surface area contributed by atoms with Crippen LogP contribution in [0.3, 0.4) is 0 Å². The van der Waals surface area contributed by atoms with Gasteiger partial charge in [-0.2, -0.15) is 5.10 Å². The van der Waals surface area contributed by atoms with Crippen molar-refractivity contribution in [1.29, 1.82) is 0 Å². The van der Waals surface area contributed by atoms with E-state index in [2.05, 4.69) is 22.7 Å². The van der Waals surface area contributed by atoms with E-state index in [0.29, 0.717) is 17.9 Å². The topological polar surface area (TPSA) is 61.8 Å². The summed E-state index contributed by atoms with van der Waals surface area (Å²) < 4.78 is 0. The van der Waals surface area contributed by atoms with Crippen molar-refractivity contribution in [2.24, 2.45) is 5.10 Å². The Hall–Kier alpha value is -2.60. The minimum Gasteiger partial charge on any atom is -0.326 e. The highest BCUT2D eigenvalue weighted by molar-refractivity contribution is 8.00. The molecular formula is C30H39N3O2S. The average molecular weight is 506 g/mol. The van der Waals surface area contributed by atoms with E-state index in [0.717, 1.165) is 43.4 Å². The van der Waals surface area contributed by atoms with Gasteiger partial charge in [0.2, 0.25) is 5.91 Å². The van der Waals surface area contributed by atoms with E-state index in [1.54, 1.807) is 11.8 Å². The molecule has 1 heterocycles. The molecule has 0 aromatic heterocycles. The average Bonchev–Trinajstić information content (AvgIpc) is 3.27. The van der Waals surface area contributed by atoms with Gasteiger partial charge in [0.25, 0.3) is 5.91 Å². The Bertz CT molecular complexity index is 993. The molecular weight excluding hydrogens is 466 g/mol. The van der Waals surface area contributed by atoms with Crippen LogP contribution in [0.1, 0.15) is 97.5 Å². The Morgan fingerprint density at radius 3 is 2.11 bits per heavy atom. The van der Waals surface area contributed by atoms with Crippen LogP contribution in [0, 0.1) is 0 Å². The Morgan fingerprint density at radius 2 is 1.47 bits per heavy atom. The zero-order valence-electron chi connectivity index (χ0n) is 21.3. The number of benzene rings is 2. The Morgan fingerprint density at radius 1 is 0.861 bits per heavy atom. The third kappa shape index (κ3) is 7.95. The monoisotopic (exact) mass is 505 g/mol. The fourth-order valence-electron chi connectivity index (χ4n) is 4.99. The molecule has 36 heavy (non-hydrogen) atoms. The first-order valence-electron chi connectivity index (χ1n) is 13.6. The van der Waals surface area contributed by atoms with Crippen molar-refractivity contribution in [3.8, 4) is 0 Å². The number of hydrogen-bond acceptors (Lipinski definition) is 4. The number of hydrazone groups is 1. The quantitative estimate of drug-likeness (QED) is 0.435. The van der Waals surface area contributed by atoms with Gasteiger partial charge in [-0.3, -0.25) is 9.59 Å². The molecule has 6 heteroatoms. The van der Waals surface area contributed by atoms with Crippen LogP contribution in [0.15, 0.2) is 59.7 Å². The highest BCUT2D eigenvalue weighted by Gasteiger charge is 2.32. The number of nitrogens with zero attached hydrogens (tertiary/aromatic N) is 2. The maximum atomic E-state index is 12.8. The third-order valence-corrected chi connectivity index (χ3v) is 8.41. The van der Waals surface area contributed by atoms with Crippen LogP contribution in [0.4, 0.5) is 0 Å². The van der Waals surface area contributed by atoms with Crippen LogP contribution in [-0.2, 0) is 11.2 Å². The van der Waals surface area contributed by atoms with Gasteiger partial charge in [0, 0.05) is 17.8 Å². The number of carbonyl (C=O) groups is 2. The molecule has 0 bridgehead atoms. The lowest BCUT2D eigenvalue weighted by molar-refractivity contribution is -0.128. The minimum atomic E-state index is -0.170. The zero-order valence-corrected chi connectivity index (χ0v) is 22.1. The summed E-state index contributed by atoms with van der Waals surface area (Å²) in [5, 5.41) is 4.52. The summed E-state index contributed by atoms with van der Waals surface area (Å²) in [6, 6.07) is 17.9. The highest BCUT2D eigenvalue weighted by atomic mass is 32.2. The van der Waals surface area contributed by atoms with Crippen LogP contribution in [0.25, 0.3) is 0 Å².